The number of nitrogens with two attached hydrogens (primary N) is 1. The summed E-state index contributed by atoms with van der Waals surface area (Å²) in [7, 11) is 0. The standard InChI is InChI=1S/C27H28Cl4F5N3O4/c1-13(2)22(24(41)27(35,36)25(42)38-6-5-26(32,33)34)23(37)20(8-14-3-4-18(30)19(31)7-14)39-21(40)12-43-17-10-15(28)9-16(29)11-17/h3-4,7,9-11,13,20,22-23H,5-6,8,12,37H2,1-2H3,(H,38,42)(H,39,40)/t20-,22-,23?/m0/s1. The van der Waals surface area contributed by atoms with Crippen LogP contribution in [0.1, 0.15) is 25.8 Å². The minimum Gasteiger partial charge on any atom is -0.484 e. The molecule has 0 aliphatic carbocycles. The summed E-state index contributed by atoms with van der Waals surface area (Å²) in [5.41, 5.74) is 6.81. The van der Waals surface area contributed by atoms with Crippen LogP contribution in [0.15, 0.2) is 36.4 Å². The number of carbonyl (C=O) groups is 3. The number of ketones is 1. The van der Waals surface area contributed by atoms with Crippen LogP contribution < -0.4 is 21.1 Å². The molecular formula is C27H28Cl4F5N3O4. The first-order chi connectivity index (χ1) is 19.8. The molecule has 0 radical (unpaired) electrons. The molecule has 0 spiro atoms. The normalized spacial score (nSPS) is 14.2. The fourth-order valence-corrected chi connectivity index (χ4v) is 4.96. The van der Waals surface area contributed by atoms with Crippen molar-refractivity contribution in [3.63, 3.8) is 0 Å². The van der Waals surface area contributed by atoms with Gasteiger partial charge in [-0.15, -0.1) is 0 Å². The summed E-state index contributed by atoms with van der Waals surface area (Å²) < 4.78 is 72.6. The number of Topliss-reactive ketones (excluding diaryl/α,β-unsaturated/α-hetero) is 1. The molecule has 7 nitrogen and oxygen atoms in total. The third-order valence-electron chi connectivity index (χ3n) is 6.18. The molecular weight excluding hydrogens is 667 g/mol. The van der Waals surface area contributed by atoms with Gasteiger partial charge in [0.1, 0.15) is 5.75 Å². The Balaban J connectivity index is 2.32. The number of ether oxygens (including phenoxy) is 1. The number of hydrogen-bond donors (Lipinski definition) is 3. The SMILES string of the molecule is CC(C)[C@H](C(=O)C(F)(F)C(=O)NCCC(F)(F)F)C(N)[C@H](Cc1ccc(Cl)c(Cl)c1)NC(=O)COc1cc(Cl)cc(Cl)c1. The van der Waals surface area contributed by atoms with Crippen molar-refractivity contribution in [3.05, 3.63) is 62.1 Å². The molecule has 2 rings (SSSR count). The Morgan fingerprint density at radius 1 is 0.930 bits per heavy atom. The molecule has 2 amide bonds. The summed E-state index contributed by atoms with van der Waals surface area (Å²) >= 11 is 23.9. The van der Waals surface area contributed by atoms with Crippen LogP contribution in [0.2, 0.25) is 20.1 Å². The van der Waals surface area contributed by atoms with Crippen LogP contribution in [0.5, 0.6) is 5.75 Å². The number of benzene rings is 2. The number of alkyl halides is 5. The van der Waals surface area contributed by atoms with Gasteiger partial charge in [-0.2, -0.15) is 22.0 Å². The summed E-state index contributed by atoms with van der Waals surface area (Å²) in [5, 5.41) is 4.86. The molecule has 0 aliphatic rings. The van der Waals surface area contributed by atoms with Gasteiger partial charge in [-0.25, -0.2) is 0 Å². The van der Waals surface area contributed by atoms with Gasteiger partial charge in [-0.1, -0.05) is 66.3 Å². The Labute approximate surface area is 264 Å². The Morgan fingerprint density at radius 3 is 2.07 bits per heavy atom. The van der Waals surface area contributed by atoms with E-state index < -0.39 is 73.2 Å². The maximum Gasteiger partial charge on any atom is 0.390 e. The van der Waals surface area contributed by atoms with Crippen LogP contribution in [0.4, 0.5) is 22.0 Å². The van der Waals surface area contributed by atoms with Crippen molar-refractivity contribution < 1.29 is 41.1 Å². The molecule has 16 heteroatoms. The minimum absolute atomic E-state index is 0.118. The molecule has 2 aromatic rings. The average molecular weight is 695 g/mol. The second kappa shape index (κ2) is 15.6. The van der Waals surface area contributed by atoms with Gasteiger partial charge in [0, 0.05) is 34.6 Å². The van der Waals surface area contributed by atoms with Gasteiger partial charge in [0.2, 0.25) is 5.78 Å². The smallest absolute Gasteiger partial charge is 0.390 e. The zero-order chi connectivity index (χ0) is 32.7. The highest BCUT2D eigenvalue weighted by atomic mass is 35.5. The summed E-state index contributed by atoms with van der Waals surface area (Å²) in [4.78, 5) is 38.0. The molecule has 1 unspecified atom stereocenters. The lowest BCUT2D eigenvalue weighted by Gasteiger charge is -2.34. The number of rotatable bonds is 14. The summed E-state index contributed by atoms with van der Waals surface area (Å²) in [6.45, 7) is 1.05. The summed E-state index contributed by atoms with van der Waals surface area (Å²) in [6, 6.07) is 5.98. The van der Waals surface area contributed by atoms with Gasteiger partial charge in [-0.05, 0) is 48.2 Å². The minimum atomic E-state index is -4.72. The predicted octanol–water partition coefficient (Wildman–Crippen LogP) is 6.28. The van der Waals surface area contributed by atoms with Crippen molar-refractivity contribution in [2.45, 2.75) is 50.9 Å². The van der Waals surface area contributed by atoms with Crippen LogP contribution in [0, 0.1) is 11.8 Å². The Bertz CT molecular complexity index is 1290. The first-order valence-electron chi connectivity index (χ1n) is 12.7. The van der Waals surface area contributed by atoms with Crippen molar-refractivity contribution in [3.8, 4) is 5.75 Å². The van der Waals surface area contributed by atoms with E-state index in [-0.39, 0.29) is 32.3 Å². The number of nitrogens with one attached hydrogen (secondary N) is 2. The topological polar surface area (TPSA) is 111 Å². The molecule has 0 saturated carbocycles. The molecule has 4 N–H and O–H groups in total. The summed E-state index contributed by atoms with van der Waals surface area (Å²) in [6.07, 6.45) is -6.40. The predicted molar refractivity (Wildman–Crippen MR) is 154 cm³/mol. The zero-order valence-electron chi connectivity index (χ0n) is 22.7. The lowest BCUT2D eigenvalue weighted by molar-refractivity contribution is -0.163. The molecule has 0 aliphatic heterocycles. The van der Waals surface area contributed by atoms with E-state index in [2.05, 4.69) is 5.32 Å². The highest BCUT2D eigenvalue weighted by molar-refractivity contribution is 6.42. The Morgan fingerprint density at radius 2 is 1.53 bits per heavy atom. The van der Waals surface area contributed by atoms with Gasteiger partial charge >= 0.3 is 12.1 Å². The molecule has 0 fully saturated rings. The van der Waals surface area contributed by atoms with E-state index in [4.69, 9.17) is 56.9 Å². The Kier molecular flexibility index (Phi) is 13.3. The lowest BCUT2D eigenvalue weighted by Crippen LogP contribution is -2.60. The monoisotopic (exact) mass is 693 g/mol. The van der Waals surface area contributed by atoms with E-state index in [0.717, 1.165) is 0 Å². The molecule has 43 heavy (non-hydrogen) atoms. The van der Waals surface area contributed by atoms with Gasteiger partial charge in [-0.3, -0.25) is 14.4 Å². The molecule has 0 bridgehead atoms. The molecule has 0 aromatic heterocycles. The highest BCUT2D eigenvalue weighted by Gasteiger charge is 2.53. The molecule has 2 aromatic carbocycles. The average Bonchev–Trinajstić information content (AvgIpc) is 2.87. The molecule has 0 heterocycles. The third kappa shape index (κ3) is 11.2. The second-order valence-electron chi connectivity index (χ2n) is 9.93. The van der Waals surface area contributed by atoms with Crippen LogP contribution in [0.25, 0.3) is 0 Å². The van der Waals surface area contributed by atoms with E-state index in [1.807, 2.05) is 0 Å². The van der Waals surface area contributed by atoms with Crippen LogP contribution in [-0.4, -0.2) is 54.9 Å². The van der Waals surface area contributed by atoms with Crippen molar-refractivity contribution in [1.82, 2.24) is 10.6 Å². The molecule has 3 atom stereocenters. The number of hydrogen-bond acceptors (Lipinski definition) is 5. The fraction of sp³-hybridized carbons (Fsp3) is 0.444. The number of halogens is 9. The first kappa shape index (κ1) is 36.8. The van der Waals surface area contributed by atoms with Crippen molar-refractivity contribution in [2.24, 2.45) is 17.6 Å². The van der Waals surface area contributed by atoms with E-state index >= 15 is 0 Å². The summed E-state index contributed by atoms with van der Waals surface area (Å²) in [5.74, 6) is -12.1. The van der Waals surface area contributed by atoms with Crippen LogP contribution in [-0.2, 0) is 20.8 Å². The maximum absolute atomic E-state index is 15.0. The molecule has 0 saturated heterocycles. The Hall–Kier alpha value is -2.38. The third-order valence-corrected chi connectivity index (χ3v) is 7.36. The van der Waals surface area contributed by atoms with E-state index in [9.17, 15) is 36.3 Å². The lowest BCUT2D eigenvalue weighted by atomic mass is 9.78. The second-order valence-corrected chi connectivity index (χ2v) is 11.6. The van der Waals surface area contributed by atoms with Crippen LogP contribution in [0.3, 0.4) is 0 Å². The van der Waals surface area contributed by atoms with Crippen molar-refractivity contribution in [1.29, 1.82) is 0 Å². The van der Waals surface area contributed by atoms with Gasteiger partial charge < -0.3 is 21.1 Å². The largest absolute Gasteiger partial charge is 0.484 e. The van der Waals surface area contributed by atoms with Gasteiger partial charge in [0.25, 0.3) is 11.8 Å². The van der Waals surface area contributed by atoms with Crippen molar-refractivity contribution >= 4 is 64.0 Å². The number of amides is 2. The highest BCUT2D eigenvalue weighted by Crippen LogP contribution is 2.30. The quantitative estimate of drug-likeness (QED) is 0.159. The van der Waals surface area contributed by atoms with E-state index in [1.54, 1.807) is 6.07 Å². The van der Waals surface area contributed by atoms with Gasteiger partial charge in [0.05, 0.1) is 16.5 Å². The van der Waals surface area contributed by atoms with Crippen LogP contribution >= 0.6 is 46.4 Å². The van der Waals surface area contributed by atoms with E-state index in [0.29, 0.717) is 5.56 Å². The zero-order valence-corrected chi connectivity index (χ0v) is 25.7. The molecule has 238 valence electrons. The maximum atomic E-state index is 15.0. The van der Waals surface area contributed by atoms with E-state index in [1.165, 1.54) is 49.5 Å². The fourth-order valence-electron chi connectivity index (χ4n) is 4.14. The van der Waals surface area contributed by atoms with Crippen molar-refractivity contribution in [2.75, 3.05) is 13.2 Å². The number of carbonyl (C=O) groups excluding carboxylic acids is 3. The van der Waals surface area contributed by atoms with Gasteiger partial charge in [0.15, 0.2) is 6.61 Å². The first-order valence-corrected chi connectivity index (χ1v) is 14.2.